The highest BCUT2D eigenvalue weighted by Gasteiger charge is 2.67. The van der Waals surface area contributed by atoms with Gasteiger partial charge in [0.15, 0.2) is 0 Å². The van der Waals surface area contributed by atoms with Crippen molar-refractivity contribution < 1.29 is 9.53 Å². The molecule has 3 fully saturated rings. The predicted molar refractivity (Wildman–Crippen MR) is 125 cm³/mol. The molecular weight excluding hydrogens is 398 g/mol. The molecule has 1 aromatic rings. The van der Waals surface area contributed by atoms with Crippen LogP contribution in [-0.2, 0) is 9.53 Å². The van der Waals surface area contributed by atoms with E-state index in [0.717, 1.165) is 50.6 Å². The Morgan fingerprint density at radius 1 is 1.25 bits per heavy atom. The average Bonchev–Trinajstić information content (AvgIpc) is 3.29. The van der Waals surface area contributed by atoms with Crippen molar-refractivity contribution in [1.29, 1.82) is 0 Å². The van der Waals surface area contributed by atoms with E-state index in [-0.39, 0.29) is 28.4 Å². The summed E-state index contributed by atoms with van der Waals surface area (Å²) >= 11 is 0. The van der Waals surface area contributed by atoms with Crippen LogP contribution in [-0.4, -0.2) is 47.1 Å². The molecule has 5 nitrogen and oxygen atoms in total. The Hall–Kier alpha value is -1.98. The van der Waals surface area contributed by atoms with Crippen LogP contribution in [0.25, 0.3) is 0 Å². The molecule has 1 amide bonds. The number of nitrogens with zero attached hydrogens (tertiary/aromatic N) is 2. The fourth-order valence-corrected chi connectivity index (χ4v) is 7.92. The molecule has 1 unspecified atom stereocenters. The number of aromatic nitrogens is 1. The largest absolute Gasteiger partial charge is 0.359 e. The Morgan fingerprint density at radius 3 is 2.91 bits per heavy atom. The summed E-state index contributed by atoms with van der Waals surface area (Å²) < 4.78 is 7.28. The Kier molecular flexibility index (Phi) is 4.51. The van der Waals surface area contributed by atoms with Crippen molar-refractivity contribution in [2.45, 2.75) is 75.5 Å². The van der Waals surface area contributed by atoms with Crippen LogP contribution in [0.4, 0.5) is 5.69 Å². The summed E-state index contributed by atoms with van der Waals surface area (Å²) in [4.78, 5) is 19.9. The zero-order valence-corrected chi connectivity index (χ0v) is 19.6. The first-order valence-corrected chi connectivity index (χ1v) is 12.4. The summed E-state index contributed by atoms with van der Waals surface area (Å²) in [5.74, 6) is 0.546. The van der Waals surface area contributed by atoms with Crippen LogP contribution in [0.3, 0.4) is 0 Å². The van der Waals surface area contributed by atoms with E-state index in [4.69, 9.17) is 4.74 Å². The number of fused-ring (bicyclic) bond motifs is 1. The van der Waals surface area contributed by atoms with Gasteiger partial charge in [-0.3, -0.25) is 9.78 Å². The van der Waals surface area contributed by atoms with Gasteiger partial charge in [-0.25, -0.2) is 0 Å². The van der Waals surface area contributed by atoms with Crippen LogP contribution in [0, 0.1) is 17.3 Å². The summed E-state index contributed by atoms with van der Waals surface area (Å²) in [6.45, 7) is 2.34. The highest BCUT2D eigenvalue weighted by Crippen LogP contribution is 2.67. The van der Waals surface area contributed by atoms with E-state index < -0.39 is 0 Å². The predicted octanol–water partition coefficient (Wildman–Crippen LogP) is 4.72. The Bertz CT molecular complexity index is 1000. The molecule has 6 rings (SSSR count). The second-order valence-corrected chi connectivity index (χ2v) is 11.3. The number of amides is 1. The van der Waals surface area contributed by atoms with Gasteiger partial charge in [0.05, 0.1) is 23.1 Å². The second kappa shape index (κ2) is 7.01. The smallest absolute Gasteiger partial charge is 0.228 e. The quantitative estimate of drug-likeness (QED) is 0.749. The fraction of sp³-hybridized carbons (Fsp3) is 0.630. The minimum Gasteiger partial charge on any atom is -0.359 e. The van der Waals surface area contributed by atoms with Crippen molar-refractivity contribution in [2.75, 3.05) is 19.4 Å². The van der Waals surface area contributed by atoms with Gasteiger partial charge in [-0.15, -0.1) is 0 Å². The maximum atomic E-state index is 13.4. The van der Waals surface area contributed by atoms with Gasteiger partial charge in [-0.1, -0.05) is 19.1 Å². The van der Waals surface area contributed by atoms with Crippen molar-refractivity contribution in [1.82, 2.24) is 9.88 Å². The molecule has 2 aliphatic heterocycles. The number of pyridine rings is 1. The first-order chi connectivity index (χ1) is 15.4. The van der Waals surface area contributed by atoms with Gasteiger partial charge >= 0.3 is 0 Å². The molecule has 2 bridgehead atoms. The molecule has 2 saturated carbocycles. The van der Waals surface area contributed by atoms with E-state index in [0.29, 0.717) is 12.0 Å². The van der Waals surface area contributed by atoms with Crippen LogP contribution in [0.2, 0.25) is 0 Å². The molecule has 1 N–H and O–H groups in total. The van der Waals surface area contributed by atoms with E-state index in [2.05, 4.69) is 48.4 Å². The number of hydrogen-bond acceptors (Lipinski definition) is 4. The van der Waals surface area contributed by atoms with Crippen LogP contribution in [0.1, 0.15) is 58.3 Å². The molecule has 2 spiro atoms. The van der Waals surface area contributed by atoms with Crippen LogP contribution in [0.5, 0.6) is 0 Å². The van der Waals surface area contributed by atoms with E-state index in [1.165, 1.54) is 17.6 Å². The molecule has 6 atom stereocenters. The molecule has 5 heteroatoms. The van der Waals surface area contributed by atoms with Crippen molar-refractivity contribution in [2.24, 2.45) is 17.3 Å². The minimum atomic E-state index is -0.200. The zero-order valence-electron chi connectivity index (χ0n) is 19.6. The highest BCUT2D eigenvalue weighted by molar-refractivity contribution is 5.93. The normalized spacial score (nSPS) is 41.9. The van der Waals surface area contributed by atoms with Gasteiger partial charge in [0.25, 0.3) is 0 Å². The first kappa shape index (κ1) is 20.6. The maximum absolute atomic E-state index is 13.4. The molecule has 1 aromatic heterocycles. The summed E-state index contributed by atoms with van der Waals surface area (Å²) in [6, 6.07) is 4.37. The molecule has 3 heterocycles. The monoisotopic (exact) mass is 433 g/mol. The zero-order chi connectivity index (χ0) is 22.1. The molecule has 1 saturated heterocycles. The Morgan fingerprint density at radius 2 is 2.12 bits per heavy atom. The minimum absolute atomic E-state index is 0.00582. The number of rotatable bonds is 3. The van der Waals surface area contributed by atoms with E-state index in [1.54, 1.807) is 12.4 Å². The molecule has 32 heavy (non-hydrogen) atoms. The summed E-state index contributed by atoms with van der Waals surface area (Å²) in [6.07, 6.45) is 17.1. The van der Waals surface area contributed by atoms with Gasteiger partial charge in [0.1, 0.15) is 0 Å². The third kappa shape index (κ3) is 2.76. The molecular formula is C27H35N3O2. The second-order valence-electron chi connectivity index (χ2n) is 11.3. The first-order valence-electron chi connectivity index (χ1n) is 12.4. The number of allylic oxidation sites excluding steroid dienone is 1. The lowest BCUT2D eigenvalue weighted by Crippen LogP contribution is -2.55. The van der Waals surface area contributed by atoms with Crippen molar-refractivity contribution in [3.05, 3.63) is 47.8 Å². The number of nitrogens with one attached hydrogen (secondary N) is 1. The average molecular weight is 434 g/mol. The topological polar surface area (TPSA) is 54.5 Å². The fourth-order valence-electron chi connectivity index (χ4n) is 7.92. The van der Waals surface area contributed by atoms with Gasteiger partial charge in [0, 0.05) is 18.2 Å². The van der Waals surface area contributed by atoms with Crippen LogP contribution in [0.15, 0.2) is 47.8 Å². The molecule has 0 aromatic carbocycles. The SMILES string of the molecule is CN(C)[C@H]1CCC2=CC3=CC[C@]4(C)C(C(=O)Nc5cccnc5)CC[C@H]4[C@@]34CC[C@]2(C1)O4. The lowest BCUT2D eigenvalue weighted by atomic mass is 9.58. The summed E-state index contributed by atoms with van der Waals surface area (Å²) in [5, 5.41) is 3.14. The molecule has 5 aliphatic rings. The molecule has 170 valence electrons. The maximum Gasteiger partial charge on any atom is 0.228 e. The number of carbonyl (C=O) groups is 1. The van der Waals surface area contributed by atoms with Crippen molar-refractivity contribution in [3.63, 3.8) is 0 Å². The van der Waals surface area contributed by atoms with Crippen molar-refractivity contribution >= 4 is 11.6 Å². The summed E-state index contributed by atoms with van der Waals surface area (Å²) in [5.41, 5.74) is 3.38. The van der Waals surface area contributed by atoms with E-state index in [1.807, 2.05) is 12.1 Å². The van der Waals surface area contributed by atoms with Crippen LogP contribution < -0.4 is 5.32 Å². The molecule has 3 aliphatic carbocycles. The van der Waals surface area contributed by atoms with E-state index in [9.17, 15) is 4.79 Å². The van der Waals surface area contributed by atoms with Gasteiger partial charge in [0.2, 0.25) is 5.91 Å². The number of hydrogen-bond donors (Lipinski definition) is 1. The highest BCUT2D eigenvalue weighted by atomic mass is 16.5. The Balaban J connectivity index is 1.31. The lowest BCUT2D eigenvalue weighted by molar-refractivity contribution is -0.146. The summed E-state index contributed by atoms with van der Waals surface area (Å²) in [7, 11) is 4.41. The standard InChI is InChI=1S/C27H35N3O2/c1-25-11-10-19-15-18-6-7-21(30(2)3)16-26(18)12-13-27(19,32-26)23(25)9-8-22(25)24(31)29-20-5-4-14-28-17-20/h4-5,10,14-15,17,21-23H,6-9,11-13,16H2,1-3H3,(H,29,31)/t21-,22?,23+,25+,26+,27+/m0/s1. The third-order valence-corrected chi connectivity index (χ3v) is 9.63. The van der Waals surface area contributed by atoms with Gasteiger partial charge in [-0.05, 0) is 100 Å². The number of ether oxygens (including phenoxy) is 1. The lowest BCUT2D eigenvalue weighted by Gasteiger charge is -2.54. The molecule has 0 radical (unpaired) electrons. The third-order valence-electron chi connectivity index (χ3n) is 9.63. The van der Waals surface area contributed by atoms with E-state index >= 15 is 0 Å². The van der Waals surface area contributed by atoms with Crippen molar-refractivity contribution in [3.8, 4) is 0 Å². The van der Waals surface area contributed by atoms with Gasteiger partial charge in [-0.2, -0.15) is 0 Å². The number of carbonyl (C=O) groups excluding carboxylic acids is 1. The number of anilines is 1. The van der Waals surface area contributed by atoms with Gasteiger partial charge < -0.3 is 15.0 Å². The Labute approximate surface area is 191 Å². The van der Waals surface area contributed by atoms with Crippen LogP contribution >= 0.6 is 0 Å².